The minimum Gasteiger partial charge on any atom is -0.480 e. The van der Waals surface area contributed by atoms with Gasteiger partial charge in [0, 0.05) is 10.0 Å². The fourth-order valence-corrected chi connectivity index (χ4v) is 1.85. The van der Waals surface area contributed by atoms with Gasteiger partial charge in [-0.15, -0.1) is 6.42 Å². The van der Waals surface area contributed by atoms with Crippen LogP contribution in [0.2, 0.25) is 0 Å². The zero-order chi connectivity index (χ0) is 13.7. The summed E-state index contributed by atoms with van der Waals surface area (Å²) in [6.07, 6.45) is 5.14. The summed E-state index contributed by atoms with van der Waals surface area (Å²) >= 11 is 3.33. The molecule has 5 heteroatoms. The average molecular weight is 310 g/mol. The van der Waals surface area contributed by atoms with Crippen molar-refractivity contribution in [2.45, 2.75) is 6.92 Å². The van der Waals surface area contributed by atoms with E-state index in [1.807, 2.05) is 6.07 Å². The molecule has 0 atom stereocenters. The average Bonchev–Trinajstić information content (AvgIpc) is 2.31. The van der Waals surface area contributed by atoms with Gasteiger partial charge in [0.25, 0.3) is 5.91 Å². The normalized spacial score (nSPS) is 9.61. The Balaban J connectivity index is 3.06. The lowest BCUT2D eigenvalue weighted by atomic mass is 10.1. The van der Waals surface area contributed by atoms with Crippen LogP contribution in [0.4, 0.5) is 0 Å². The third-order valence-corrected chi connectivity index (χ3v) is 3.25. The van der Waals surface area contributed by atoms with E-state index in [0.717, 1.165) is 14.9 Å². The lowest BCUT2D eigenvalue weighted by Gasteiger charge is -2.19. The number of halogens is 1. The van der Waals surface area contributed by atoms with Crippen LogP contribution in [-0.2, 0) is 4.79 Å². The molecule has 0 aliphatic heterocycles. The van der Waals surface area contributed by atoms with Crippen LogP contribution in [0.5, 0.6) is 0 Å². The SMILES string of the molecule is C#CCN(CC(=O)O)C(=O)c1cccc(Br)c1C. The maximum Gasteiger partial charge on any atom is 0.323 e. The van der Waals surface area contributed by atoms with Crippen molar-refractivity contribution in [2.24, 2.45) is 0 Å². The van der Waals surface area contributed by atoms with Crippen LogP contribution >= 0.6 is 15.9 Å². The van der Waals surface area contributed by atoms with E-state index in [1.165, 1.54) is 0 Å². The number of benzene rings is 1. The molecule has 0 heterocycles. The van der Waals surface area contributed by atoms with Gasteiger partial charge in [0.05, 0.1) is 6.54 Å². The Labute approximate surface area is 114 Å². The van der Waals surface area contributed by atoms with Gasteiger partial charge >= 0.3 is 5.97 Å². The summed E-state index contributed by atoms with van der Waals surface area (Å²) in [6.45, 7) is 1.35. The highest BCUT2D eigenvalue weighted by Gasteiger charge is 2.19. The molecular formula is C13H12BrNO3. The van der Waals surface area contributed by atoms with Gasteiger partial charge in [-0.3, -0.25) is 9.59 Å². The second-order valence-corrected chi connectivity index (χ2v) is 4.53. The monoisotopic (exact) mass is 309 g/mol. The maximum atomic E-state index is 12.2. The Morgan fingerprint density at radius 3 is 2.72 bits per heavy atom. The fraction of sp³-hybridized carbons (Fsp3) is 0.231. The molecule has 0 spiro atoms. The van der Waals surface area contributed by atoms with E-state index in [9.17, 15) is 9.59 Å². The number of rotatable bonds is 4. The Kier molecular flexibility index (Phi) is 4.93. The van der Waals surface area contributed by atoms with E-state index in [1.54, 1.807) is 19.1 Å². The molecule has 1 N–H and O–H groups in total. The quantitative estimate of drug-likeness (QED) is 0.865. The molecule has 1 amide bonds. The van der Waals surface area contributed by atoms with Gasteiger partial charge in [-0.2, -0.15) is 0 Å². The molecule has 1 rings (SSSR count). The van der Waals surface area contributed by atoms with Crippen LogP contribution in [0.3, 0.4) is 0 Å². The van der Waals surface area contributed by atoms with Crippen molar-refractivity contribution in [2.75, 3.05) is 13.1 Å². The van der Waals surface area contributed by atoms with Crippen LogP contribution in [-0.4, -0.2) is 35.0 Å². The minimum atomic E-state index is -1.09. The summed E-state index contributed by atoms with van der Waals surface area (Å²) in [7, 11) is 0. The Morgan fingerprint density at radius 1 is 1.50 bits per heavy atom. The van der Waals surface area contributed by atoms with Gasteiger partial charge in [-0.05, 0) is 24.6 Å². The number of carboxylic acids is 1. The van der Waals surface area contributed by atoms with Crippen LogP contribution in [0.25, 0.3) is 0 Å². The summed E-state index contributed by atoms with van der Waals surface area (Å²) in [5.74, 6) is 0.816. The second-order valence-electron chi connectivity index (χ2n) is 3.67. The molecule has 1 aromatic rings. The lowest BCUT2D eigenvalue weighted by Crippen LogP contribution is -2.36. The first-order chi connectivity index (χ1) is 8.47. The van der Waals surface area contributed by atoms with Gasteiger partial charge in [0.15, 0.2) is 0 Å². The first-order valence-corrected chi connectivity index (χ1v) is 5.96. The summed E-state index contributed by atoms with van der Waals surface area (Å²) in [5, 5.41) is 8.76. The molecule has 4 nitrogen and oxygen atoms in total. The maximum absolute atomic E-state index is 12.2. The number of aliphatic carboxylic acids is 1. The van der Waals surface area contributed by atoms with Gasteiger partial charge < -0.3 is 10.0 Å². The van der Waals surface area contributed by atoms with E-state index in [2.05, 4.69) is 21.9 Å². The molecule has 0 aromatic heterocycles. The number of amides is 1. The number of carboxylic acid groups (broad SMARTS) is 1. The van der Waals surface area contributed by atoms with E-state index >= 15 is 0 Å². The van der Waals surface area contributed by atoms with Gasteiger partial charge in [-0.25, -0.2) is 0 Å². The molecule has 0 saturated carbocycles. The van der Waals surface area contributed by atoms with Gasteiger partial charge in [0.1, 0.15) is 6.54 Å². The number of nitrogens with zero attached hydrogens (tertiary/aromatic N) is 1. The number of terminal acetylenes is 1. The zero-order valence-electron chi connectivity index (χ0n) is 9.81. The van der Waals surface area contributed by atoms with Gasteiger partial charge in [-0.1, -0.05) is 27.9 Å². The first-order valence-electron chi connectivity index (χ1n) is 5.17. The molecule has 0 aliphatic rings. The largest absolute Gasteiger partial charge is 0.480 e. The van der Waals surface area contributed by atoms with Crippen molar-refractivity contribution < 1.29 is 14.7 Å². The molecule has 0 saturated heterocycles. The lowest BCUT2D eigenvalue weighted by molar-refractivity contribution is -0.137. The summed E-state index contributed by atoms with van der Waals surface area (Å²) < 4.78 is 0.796. The standard InChI is InChI=1S/C13H12BrNO3/c1-3-7-15(8-12(16)17)13(18)10-5-4-6-11(14)9(10)2/h1,4-6H,7-8H2,2H3,(H,16,17). The summed E-state index contributed by atoms with van der Waals surface area (Å²) in [6, 6.07) is 5.18. The van der Waals surface area contributed by atoms with Crippen molar-refractivity contribution in [3.8, 4) is 12.3 Å². The van der Waals surface area contributed by atoms with Crippen molar-refractivity contribution in [3.63, 3.8) is 0 Å². The van der Waals surface area contributed by atoms with Crippen molar-refractivity contribution >= 4 is 27.8 Å². The van der Waals surface area contributed by atoms with E-state index < -0.39 is 12.5 Å². The Bertz CT molecular complexity index is 519. The van der Waals surface area contributed by atoms with Crippen LogP contribution in [0, 0.1) is 19.3 Å². The first kappa shape index (κ1) is 14.3. The topological polar surface area (TPSA) is 57.6 Å². The third kappa shape index (κ3) is 3.34. The van der Waals surface area contributed by atoms with Crippen molar-refractivity contribution in [1.29, 1.82) is 0 Å². The molecule has 0 aliphatic carbocycles. The molecule has 18 heavy (non-hydrogen) atoms. The summed E-state index contributed by atoms with van der Waals surface area (Å²) in [5.41, 5.74) is 1.20. The van der Waals surface area contributed by atoms with Crippen LogP contribution in [0.15, 0.2) is 22.7 Å². The molecule has 0 fully saturated rings. The molecule has 1 aromatic carbocycles. The fourth-order valence-electron chi connectivity index (χ4n) is 1.48. The number of carbonyl (C=O) groups is 2. The Morgan fingerprint density at radius 2 is 2.17 bits per heavy atom. The van der Waals surface area contributed by atoms with Crippen molar-refractivity contribution in [3.05, 3.63) is 33.8 Å². The smallest absolute Gasteiger partial charge is 0.323 e. The van der Waals surface area contributed by atoms with Crippen LogP contribution < -0.4 is 0 Å². The van der Waals surface area contributed by atoms with Crippen LogP contribution in [0.1, 0.15) is 15.9 Å². The molecular weight excluding hydrogens is 298 g/mol. The molecule has 94 valence electrons. The highest BCUT2D eigenvalue weighted by atomic mass is 79.9. The highest BCUT2D eigenvalue weighted by molar-refractivity contribution is 9.10. The molecule has 0 unspecified atom stereocenters. The Hall–Kier alpha value is -1.80. The number of hydrogen-bond donors (Lipinski definition) is 1. The summed E-state index contributed by atoms with van der Waals surface area (Å²) in [4.78, 5) is 24.0. The predicted molar refractivity (Wildman–Crippen MR) is 71.3 cm³/mol. The predicted octanol–water partition coefficient (Wildman–Crippen LogP) is 1.92. The third-order valence-electron chi connectivity index (χ3n) is 2.39. The van der Waals surface area contributed by atoms with Crippen molar-refractivity contribution in [1.82, 2.24) is 4.90 Å². The number of carbonyl (C=O) groups excluding carboxylic acids is 1. The zero-order valence-corrected chi connectivity index (χ0v) is 11.4. The molecule has 0 radical (unpaired) electrons. The highest BCUT2D eigenvalue weighted by Crippen LogP contribution is 2.20. The minimum absolute atomic E-state index is 0.0307. The van der Waals surface area contributed by atoms with E-state index in [-0.39, 0.29) is 12.5 Å². The second kappa shape index (κ2) is 6.22. The molecule has 0 bridgehead atoms. The van der Waals surface area contributed by atoms with E-state index in [4.69, 9.17) is 11.5 Å². The van der Waals surface area contributed by atoms with E-state index in [0.29, 0.717) is 5.56 Å². The number of hydrogen-bond acceptors (Lipinski definition) is 2. The van der Waals surface area contributed by atoms with Gasteiger partial charge in [0.2, 0.25) is 0 Å².